The molecule has 0 aromatic heterocycles. The van der Waals surface area contributed by atoms with Gasteiger partial charge >= 0.3 is 0 Å². The Morgan fingerprint density at radius 1 is 1.20 bits per heavy atom. The fraction of sp³-hybridized carbons (Fsp3) is 0.333. The van der Waals surface area contributed by atoms with Crippen molar-refractivity contribution in [1.29, 1.82) is 0 Å². The van der Waals surface area contributed by atoms with Crippen LogP contribution in [0, 0.1) is 12.8 Å². The second-order valence-corrected chi connectivity index (χ2v) is 0.909. The van der Waals surface area contributed by atoms with Crippen LogP contribution in [-0.4, -0.2) is 5.34 Å². The van der Waals surface area contributed by atoms with Crippen molar-refractivity contribution in [2.75, 3.05) is 5.34 Å². The Morgan fingerprint density at radius 2 is 1.20 bits per heavy atom. The Hall–Kier alpha value is 0.140. The summed E-state index contributed by atoms with van der Waals surface area (Å²) >= 11 is 9.53. The van der Waals surface area contributed by atoms with Gasteiger partial charge in [0.25, 0.3) is 0 Å². The lowest BCUT2D eigenvalue weighted by atomic mass is 11.4. The van der Waals surface area contributed by atoms with Gasteiger partial charge in [0.15, 0.2) is 0 Å². The molecule has 0 aliphatic carbocycles. The molecule has 5 heavy (non-hydrogen) atoms. The van der Waals surface area contributed by atoms with Gasteiger partial charge in [-0.1, -0.05) is 0 Å². The van der Waals surface area contributed by atoms with Crippen molar-refractivity contribution in [3.63, 3.8) is 0 Å². The third kappa shape index (κ3) is 967. The molecule has 0 N–H and O–H groups in total. The lowest BCUT2D eigenvalue weighted by Gasteiger charge is -1.42. The Balaban J connectivity index is 0. The smallest absolute Gasteiger partial charge is 0.0967 e. The van der Waals surface area contributed by atoms with Crippen LogP contribution in [0.2, 0.25) is 0 Å². The zero-order valence-corrected chi connectivity index (χ0v) is 4.13. The Kier molecular flexibility index (Phi) is 56.1. The predicted octanol–water partition coefficient (Wildman–Crippen LogP) is 1.67. The molecular weight excluding hydrogens is 107 g/mol. The first-order valence-electron chi connectivity index (χ1n) is 0.868. The first kappa shape index (κ1) is 8.94. The van der Waals surface area contributed by atoms with Gasteiger partial charge in [0.2, 0.25) is 0 Å². The summed E-state index contributed by atoms with van der Waals surface area (Å²) in [6, 6.07) is 0. The van der Waals surface area contributed by atoms with Crippen LogP contribution in [0.25, 0.3) is 0 Å². The van der Waals surface area contributed by atoms with Gasteiger partial charge in [0.1, 0.15) is 0 Å². The van der Waals surface area contributed by atoms with Crippen LogP contribution in [0.15, 0.2) is 0 Å². The maximum Gasteiger partial charge on any atom is 0.0967 e. The molecule has 0 aromatic carbocycles. The highest BCUT2D eigenvalue weighted by molar-refractivity contribution is 6.40. The predicted molar refractivity (Wildman–Crippen MR) is 26.5 cm³/mol. The van der Waals surface area contributed by atoms with Crippen LogP contribution in [0.5, 0.6) is 0 Å². The molecule has 0 spiro atoms. The Labute approximate surface area is 42.1 Å². The van der Waals surface area contributed by atoms with Gasteiger partial charge in [0, 0.05) is 0 Å². The van der Waals surface area contributed by atoms with E-state index in [2.05, 4.69) is 12.8 Å². The van der Waals surface area contributed by atoms with E-state index >= 15 is 0 Å². The lowest BCUT2D eigenvalue weighted by Crippen LogP contribution is -1.24. The van der Waals surface area contributed by atoms with Crippen LogP contribution in [-0.2, 0) is 0 Å². The van der Waals surface area contributed by atoms with Gasteiger partial charge in [0.05, 0.1) is 5.34 Å². The number of rotatable bonds is 0. The van der Waals surface area contributed by atoms with E-state index in [1.54, 1.807) is 0 Å². The second-order valence-electron chi connectivity index (χ2n) is 0.101. The minimum absolute atomic E-state index is 0.194. The number of hydrogen-bond acceptors (Lipinski definition) is 0. The lowest BCUT2D eigenvalue weighted by molar-refractivity contribution is 2.20. The summed E-state index contributed by atoms with van der Waals surface area (Å²) in [6.07, 6.45) is 8.00. The Bertz CT molecular complexity index is 16.1. The number of alkyl halides is 2. The van der Waals surface area contributed by atoms with Crippen molar-refractivity contribution in [1.82, 2.24) is 0 Å². The third-order valence-electron chi connectivity index (χ3n) is 0. The number of hydrogen-bond donors (Lipinski definition) is 0. The van der Waals surface area contributed by atoms with Crippen molar-refractivity contribution >= 4 is 23.2 Å². The van der Waals surface area contributed by atoms with Crippen molar-refractivity contribution < 1.29 is 0 Å². The molecule has 0 saturated heterocycles. The SMILES string of the molecule is C#C.ClCCl. The summed E-state index contributed by atoms with van der Waals surface area (Å²) in [7, 11) is 0. The highest BCUT2D eigenvalue weighted by Crippen LogP contribution is 1.73. The third-order valence-corrected chi connectivity index (χ3v) is 0. The van der Waals surface area contributed by atoms with Gasteiger partial charge in [-0.2, -0.15) is 0 Å². The molecule has 0 aliphatic heterocycles. The first-order chi connectivity index (χ1) is 2.41. The van der Waals surface area contributed by atoms with Crippen LogP contribution in [0.1, 0.15) is 0 Å². The molecule has 0 saturated carbocycles. The molecule has 0 heterocycles. The summed E-state index contributed by atoms with van der Waals surface area (Å²) in [5.74, 6) is 0. The summed E-state index contributed by atoms with van der Waals surface area (Å²) in [4.78, 5) is 0. The molecule has 0 radical (unpaired) electrons. The summed E-state index contributed by atoms with van der Waals surface area (Å²) in [5, 5.41) is 0.194. The molecule has 2 heteroatoms. The molecule has 0 fully saturated rings. The average Bonchev–Trinajstić information content (AvgIpc) is 1.46. The maximum atomic E-state index is 4.76. The van der Waals surface area contributed by atoms with Gasteiger partial charge in [-0.05, 0) is 0 Å². The van der Waals surface area contributed by atoms with Gasteiger partial charge in [-0.25, -0.2) is 0 Å². The standard InChI is InChI=1S/C2H2.CH2Cl2/c1-2;2-1-3/h1-2H;1H2. The molecule has 30 valence electrons. The van der Waals surface area contributed by atoms with Crippen LogP contribution in [0.4, 0.5) is 0 Å². The van der Waals surface area contributed by atoms with Gasteiger partial charge < -0.3 is 0 Å². The van der Waals surface area contributed by atoms with Gasteiger partial charge in [-0.3, -0.25) is 0 Å². The molecule has 0 unspecified atom stereocenters. The largest absolute Gasteiger partial charge is 0.124 e. The maximum absolute atomic E-state index is 4.76. The fourth-order valence-electron chi connectivity index (χ4n) is 0. The summed E-state index contributed by atoms with van der Waals surface area (Å²) in [6.45, 7) is 0. The fourth-order valence-corrected chi connectivity index (χ4v) is 0. The topological polar surface area (TPSA) is 0 Å². The second kappa shape index (κ2) is 31.4. The zero-order chi connectivity index (χ0) is 4.71. The minimum atomic E-state index is 0.194. The van der Waals surface area contributed by atoms with Crippen molar-refractivity contribution in [3.05, 3.63) is 0 Å². The molecule has 0 aliphatic rings. The summed E-state index contributed by atoms with van der Waals surface area (Å²) in [5.41, 5.74) is 0. The molecular formula is C3H4Cl2. The quantitative estimate of drug-likeness (QED) is 0.329. The molecule has 0 atom stereocenters. The van der Waals surface area contributed by atoms with Gasteiger partial charge in [-0.15, -0.1) is 36.0 Å². The normalized spacial score (nSPS) is 4.00. The van der Waals surface area contributed by atoms with E-state index in [-0.39, 0.29) is 5.34 Å². The highest BCUT2D eigenvalue weighted by atomic mass is 35.5. The van der Waals surface area contributed by atoms with Crippen LogP contribution in [0.3, 0.4) is 0 Å². The van der Waals surface area contributed by atoms with Crippen molar-refractivity contribution in [2.45, 2.75) is 0 Å². The number of halogens is 2. The Morgan fingerprint density at radius 3 is 1.20 bits per heavy atom. The average molecular weight is 111 g/mol. The molecule has 0 aromatic rings. The zero-order valence-electron chi connectivity index (χ0n) is 2.62. The molecule has 0 bridgehead atoms. The van der Waals surface area contributed by atoms with E-state index in [0.717, 1.165) is 0 Å². The monoisotopic (exact) mass is 110 g/mol. The first-order valence-corrected chi connectivity index (χ1v) is 1.94. The van der Waals surface area contributed by atoms with Crippen molar-refractivity contribution in [2.24, 2.45) is 0 Å². The van der Waals surface area contributed by atoms with E-state index in [9.17, 15) is 0 Å². The minimum Gasteiger partial charge on any atom is -0.124 e. The van der Waals surface area contributed by atoms with E-state index in [4.69, 9.17) is 23.2 Å². The van der Waals surface area contributed by atoms with E-state index in [0.29, 0.717) is 0 Å². The van der Waals surface area contributed by atoms with Crippen LogP contribution >= 0.6 is 23.2 Å². The van der Waals surface area contributed by atoms with Crippen LogP contribution < -0.4 is 0 Å². The molecule has 0 amide bonds. The molecule has 0 nitrogen and oxygen atoms in total. The molecule has 0 rings (SSSR count). The van der Waals surface area contributed by atoms with Crippen molar-refractivity contribution in [3.8, 4) is 12.8 Å². The van der Waals surface area contributed by atoms with E-state index in [1.807, 2.05) is 0 Å². The number of terminal acetylenes is 1. The van der Waals surface area contributed by atoms with E-state index < -0.39 is 0 Å². The van der Waals surface area contributed by atoms with E-state index in [1.165, 1.54) is 0 Å². The highest BCUT2D eigenvalue weighted by Gasteiger charge is 1.41. The summed E-state index contributed by atoms with van der Waals surface area (Å²) < 4.78 is 0.